The molecule has 0 fully saturated rings. The summed E-state index contributed by atoms with van der Waals surface area (Å²) >= 11 is 0. The van der Waals surface area contributed by atoms with Gasteiger partial charge in [0.2, 0.25) is 0 Å². The number of methoxy groups -OCH3 is 1. The highest BCUT2D eigenvalue weighted by molar-refractivity contribution is 5.26. The summed E-state index contributed by atoms with van der Waals surface area (Å²) in [6.07, 6.45) is 1.80. The van der Waals surface area contributed by atoms with Crippen LogP contribution in [0.25, 0.3) is 0 Å². The van der Waals surface area contributed by atoms with Gasteiger partial charge >= 0.3 is 0 Å². The molecular formula is C14H22O4. The third kappa shape index (κ3) is 6.00. The van der Waals surface area contributed by atoms with Crippen molar-refractivity contribution >= 4 is 0 Å². The van der Waals surface area contributed by atoms with Crippen molar-refractivity contribution < 1.29 is 19.7 Å². The normalized spacial score (nSPS) is 12.4. The predicted octanol–water partition coefficient (Wildman–Crippen LogP) is 1.74. The molecule has 1 atom stereocenters. The third-order valence-corrected chi connectivity index (χ3v) is 2.71. The van der Waals surface area contributed by atoms with Crippen LogP contribution in [0.4, 0.5) is 0 Å². The smallest absolute Gasteiger partial charge is 0.118 e. The van der Waals surface area contributed by atoms with Crippen molar-refractivity contribution in [1.29, 1.82) is 0 Å². The molecule has 102 valence electrons. The standard InChI is InChI=1S/C14H22O4/c1-17-14-7-5-12(6-8-14)11-18-9-3-2-4-13(16)10-15/h5-8,13,15-16H,2-4,9-11H2,1H3/t13-/m0/s1. The maximum Gasteiger partial charge on any atom is 0.118 e. The zero-order valence-electron chi connectivity index (χ0n) is 10.8. The molecule has 0 aliphatic heterocycles. The molecule has 0 saturated carbocycles. The van der Waals surface area contributed by atoms with E-state index in [1.165, 1.54) is 0 Å². The Bertz CT molecular complexity index is 310. The Morgan fingerprint density at radius 1 is 1.17 bits per heavy atom. The van der Waals surface area contributed by atoms with E-state index in [-0.39, 0.29) is 6.61 Å². The third-order valence-electron chi connectivity index (χ3n) is 2.71. The van der Waals surface area contributed by atoms with Crippen LogP contribution in [-0.2, 0) is 11.3 Å². The first kappa shape index (κ1) is 15.0. The Balaban J connectivity index is 2.06. The van der Waals surface area contributed by atoms with Gasteiger partial charge in [0.1, 0.15) is 5.75 Å². The molecule has 0 amide bonds. The van der Waals surface area contributed by atoms with Crippen LogP contribution in [0, 0.1) is 0 Å². The first-order chi connectivity index (χ1) is 8.76. The number of unbranched alkanes of at least 4 members (excludes halogenated alkanes) is 1. The maximum absolute atomic E-state index is 9.14. The summed E-state index contributed by atoms with van der Waals surface area (Å²) in [6.45, 7) is 1.10. The highest BCUT2D eigenvalue weighted by Gasteiger charge is 2.01. The highest BCUT2D eigenvalue weighted by atomic mass is 16.5. The second-order valence-corrected chi connectivity index (χ2v) is 4.23. The fourth-order valence-corrected chi connectivity index (χ4v) is 1.59. The lowest BCUT2D eigenvalue weighted by atomic mass is 10.2. The molecule has 0 bridgehead atoms. The molecule has 0 aliphatic rings. The van der Waals surface area contributed by atoms with Gasteiger partial charge in [0.15, 0.2) is 0 Å². The van der Waals surface area contributed by atoms with Crippen molar-refractivity contribution in [2.45, 2.75) is 32.0 Å². The van der Waals surface area contributed by atoms with Gasteiger partial charge in [-0.25, -0.2) is 0 Å². The van der Waals surface area contributed by atoms with Crippen LogP contribution >= 0.6 is 0 Å². The van der Waals surface area contributed by atoms with Gasteiger partial charge in [0.05, 0.1) is 26.4 Å². The minimum absolute atomic E-state index is 0.160. The molecule has 0 spiro atoms. The van der Waals surface area contributed by atoms with Crippen molar-refractivity contribution in [3.8, 4) is 5.75 Å². The average molecular weight is 254 g/mol. The number of aliphatic hydroxyl groups is 2. The topological polar surface area (TPSA) is 58.9 Å². The van der Waals surface area contributed by atoms with Crippen LogP contribution in [0.5, 0.6) is 5.75 Å². The molecule has 4 nitrogen and oxygen atoms in total. The Kier molecular flexibility index (Phi) is 7.41. The monoisotopic (exact) mass is 254 g/mol. The van der Waals surface area contributed by atoms with Gasteiger partial charge in [-0.1, -0.05) is 12.1 Å². The molecule has 1 rings (SSSR count). The molecular weight excluding hydrogens is 232 g/mol. The van der Waals surface area contributed by atoms with E-state index in [0.717, 1.165) is 24.2 Å². The Morgan fingerprint density at radius 3 is 2.50 bits per heavy atom. The second-order valence-electron chi connectivity index (χ2n) is 4.23. The molecule has 0 unspecified atom stereocenters. The summed E-state index contributed by atoms with van der Waals surface area (Å²) < 4.78 is 10.6. The molecule has 0 heterocycles. The SMILES string of the molecule is COc1ccc(COCCCC[C@H](O)CO)cc1. The van der Waals surface area contributed by atoms with Gasteiger partial charge in [0, 0.05) is 6.61 Å². The summed E-state index contributed by atoms with van der Waals surface area (Å²) in [5.41, 5.74) is 1.12. The summed E-state index contributed by atoms with van der Waals surface area (Å²) in [6, 6.07) is 7.79. The van der Waals surface area contributed by atoms with E-state index in [1.54, 1.807) is 7.11 Å². The lowest BCUT2D eigenvalue weighted by Crippen LogP contribution is -2.11. The first-order valence-electron chi connectivity index (χ1n) is 6.26. The van der Waals surface area contributed by atoms with E-state index in [0.29, 0.717) is 19.6 Å². The fourth-order valence-electron chi connectivity index (χ4n) is 1.59. The number of benzene rings is 1. The number of hydrogen-bond acceptors (Lipinski definition) is 4. The van der Waals surface area contributed by atoms with Crippen molar-refractivity contribution in [2.75, 3.05) is 20.3 Å². The quantitative estimate of drug-likeness (QED) is 0.659. The number of hydrogen-bond donors (Lipinski definition) is 2. The summed E-state index contributed by atoms with van der Waals surface area (Å²) in [7, 11) is 1.65. The minimum atomic E-state index is -0.591. The lowest BCUT2D eigenvalue weighted by molar-refractivity contribution is 0.0785. The van der Waals surface area contributed by atoms with Crippen LogP contribution in [0.15, 0.2) is 24.3 Å². The highest BCUT2D eigenvalue weighted by Crippen LogP contribution is 2.12. The number of rotatable bonds is 9. The van der Waals surface area contributed by atoms with Gasteiger partial charge in [-0.2, -0.15) is 0 Å². The number of aliphatic hydroxyl groups excluding tert-OH is 2. The van der Waals surface area contributed by atoms with Crippen molar-refractivity contribution in [3.05, 3.63) is 29.8 Å². The van der Waals surface area contributed by atoms with Crippen molar-refractivity contribution in [3.63, 3.8) is 0 Å². The van der Waals surface area contributed by atoms with E-state index in [9.17, 15) is 0 Å². The molecule has 0 radical (unpaired) electrons. The zero-order valence-corrected chi connectivity index (χ0v) is 10.8. The number of ether oxygens (including phenoxy) is 2. The maximum atomic E-state index is 9.14. The summed E-state index contributed by atoms with van der Waals surface area (Å²) in [5.74, 6) is 0.844. The molecule has 1 aromatic carbocycles. The Hall–Kier alpha value is -1.10. The summed E-state index contributed by atoms with van der Waals surface area (Å²) in [5, 5.41) is 17.8. The van der Waals surface area contributed by atoms with E-state index >= 15 is 0 Å². The van der Waals surface area contributed by atoms with Gasteiger partial charge < -0.3 is 19.7 Å². The molecule has 0 saturated heterocycles. The van der Waals surface area contributed by atoms with E-state index in [4.69, 9.17) is 19.7 Å². The molecule has 0 aliphatic carbocycles. The first-order valence-corrected chi connectivity index (χ1v) is 6.26. The fraction of sp³-hybridized carbons (Fsp3) is 0.571. The van der Waals surface area contributed by atoms with E-state index in [1.807, 2.05) is 24.3 Å². The van der Waals surface area contributed by atoms with Gasteiger partial charge in [-0.3, -0.25) is 0 Å². The Morgan fingerprint density at radius 2 is 1.89 bits per heavy atom. The van der Waals surface area contributed by atoms with E-state index in [2.05, 4.69) is 0 Å². The van der Waals surface area contributed by atoms with Crippen molar-refractivity contribution in [1.82, 2.24) is 0 Å². The molecule has 0 aromatic heterocycles. The van der Waals surface area contributed by atoms with E-state index < -0.39 is 6.10 Å². The molecule has 18 heavy (non-hydrogen) atoms. The van der Waals surface area contributed by atoms with Crippen LogP contribution in [0.3, 0.4) is 0 Å². The van der Waals surface area contributed by atoms with Crippen LogP contribution < -0.4 is 4.74 Å². The van der Waals surface area contributed by atoms with Crippen LogP contribution in [0.1, 0.15) is 24.8 Å². The average Bonchev–Trinajstić information content (AvgIpc) is 2.43. The largest absolute Gasteiger partial charge is 0.497 e. The second kappa shape index (κ2) is 8.91. The summed E-state index contributed by atoms with van der Waals surface area (Å²) in [4.78, 5) is 0. The molecule has 4 heteroatoms. The zero-order chi connectivity index (χ0) is 13.2. The van der Waals surface area contributed by atoms with Crippen LogP contribution in [0.2, 0.25) is 0 Å². The van der Waals surface area contributed by atoms with Gasteiger partial charge in [0.25, 0.3) is 0 Å². The van der Waals surface area contributed by atoms with Gasteiger partial charge in [-0.15, -0.1) is 0 Å². The predicted molar refractivity (Wildman–Crippen MR) is 69.6 cm³/mol. The van der Waals surface area contributed by atoms with Gasteiger partial charge in [-0.05, 0) is 37.0 Å². The van der Waals surface area contributed by atoms with Crippen molar-refractivity contribution in [2.24, 2.45) is 0 Å². The molecule has 2 N–H and O–H groups in total. The lowest BCUT2D eigenvalue weighted by Gasteiger charge is -2.07. The minimum Gasteiger partial charge on any atom is -0.497 e. The Labute approximate surface area is 108 Å². The van der Waals surface area contributed by atoms with Crippen LogP contribution in [-0.4, -0.2) is 36.6 Å². The molecule has 1 aromatic rings.